The van der Waals surface area contributed by atoms with E-state index < -0.39 is 6.36 Å². The largest absolute Gasteiger partial charge is 0.573 e. The topological polar surface area (TPSA) is 27.7 Å². The number of unbranched alkanes of at least 4 members (excludes halogenated alkanes) is 1. The number of ether oxygens (including phenoxy) is 3. The van der Waals surface area contributed by atoms with Gasteiger partial charge in [0.25, 0.3) is 0 Å². The van der Waals surface area contributed by atoms with Crippen molar-refractivity contribution in [3.63, 3.8) is 0 Å². The number of alkyl halides is 3. The highest BCUT2D eigenvalue weighted by atomic mass is 19.4. The lowest BCUT2D eigenvalue weighted by Gasteiger charge is -2.37. The van der Waals surface area contributed by atoms with Gasteiger partial charge in [-0.15, -0.1) is 13.2 Å². The Balaban J connectivity index is 1.28. The van der Waals surface area contributed by atoms with Crippen LogP contribution in [-0.4, -0.2) is 25.9 Å². The van der Waals surface area contributed by atoms with E-state index >= 15 is 0 Å². The van der Waals surface area contributed by atoms with Crippen LogP contribution in [0.4, 0.5) is 13.2 Å². The third-order valence-electron chi connectivity index (χ3n) is 6.33. The van der Waals surface area contributed by atoms with Crippen molar-refractivity contribution in [1.82, 2.24) is 0 Å². The first-order valence-corrected chi connectivity index (χ1v) is 11.0. The van der Waals surface area contributed by atoms with Crippen molar-refractivity contribution in [3.05, 3.63) is 29.8 Å². The van der Waals surface area contributed by atoms with Gasteiger partial charge >= 0.3 is 6.36 Å². The summed E-state index contributed by atoms with van der Waals surface area (Å²) in [7, 11) is 0. The van der Waals surface area contributed by atoms with Crippen LogP contribution in [0.5, 0.6) is 5.75 Å². The molecule has 1 aromatic carbocycles. The molecule has 0 bridgehead atoms. The standard InChI is InChI=1S/C23H33F3O3/c1-2-17-15-27-22(28-16-17)20-11-7-18(8-12-20)5-3-4-6-19-9-13-21(14-10-19)29-23(24,25)26/h9-10,13-14,17-18,20,22H,2-8,11-12,15-16H2,1H3. The molecule has 1 aliphatic heterocycles. The minimum Gasteiger partial charge on any atom is -0.406 e. The first-order chi connectivity index (χ1) is 13.9. The van der Waals surface area contributed by atoms with Gasteiger partial charge in [0, 0.05) is 11.8 Å². The maximum atomic E-state index is 12.2. The maximum absolute atomic E-state index is 12.2. The summed E-state index contributed by atoms with van der Waals surface area (Å²) in [6.45, 7) is 3.86. The quantitative estimate of drug-likeness (QED) is 0.454. The second-order valence-electron chi connectivity index (χ2n) is 8.53. The van der Waals surface area contributed by atoms with Crippen LogP contribution in [0.25, 0.3) is 0 Å². The average Bonchev–Trinajstić information content (AvgIpc) is 2.72. The summed E-state index contributed by atoms with van der Waals surface area (Å²) < 4.78 is 52.4. The van der Waals surface area contributed by atoms with Crippen LogP contribution in [-0.2, 0) is 15.9 Å². The zero-order valence-corrected chi connectivity index (χ0v) is 17.3. The molecule has 2 aliphatic rings. The molecule has 164 valence electrons. The monoisotopic (exact) mass is 414 g/mol. The van der Waals surface area contributed by atoms with Gasteiger partial charge < -0.3 is 14.2 Å². The second kappa shape index (κ2) is 10.7. The molecule has 0 atom stereocenters. The normalized spacial score (nSPS) is 28.3. The molecule has 3 rings (SSSR count). The molecule has 1 saturated heterocycles. The third-order valence-corrected chi connectivity index (χ3v) is 6.33. The molecule has 1 saturated carbocycles. The first-order valence-electron chi connectivity index (χ1n) is 11.0. The molecule has 3 nitrogen and oxygen atoms in total. The summed E-state index contributed by atoms with van der Waals surface area (Å²) in [5.74, 6) is 1.72. The zero-order valence-electron chi connectivity index (χ0n) is 17.3. The van der Waals surface area contributed by atoms with Crippen LogP contribution in [0.3, 0.4) is 0 Å². The SMILES string of the molecule is CCC1COC(C2CCC(CCCCc3ccc(OC(F)(F)F)cc3)CC2)OC1. The predicted octanol–water partition coefficient (Wildman–Crippen LogP) is 6.50. The predicted molar refractivity (Wildman–Crippen MR) is 106 cm³/mol. The van der Waals surface area contributed by atoms with E-state index in [0.29, 0.717) is 11.8 Å². The summed E-state index contributed by atoms with van der Waals surface area (Å²) >= 11 is 0. The van der Waals surface area contributed by atoms with E-state index in [2.05, 4.69) is 11.7 Å². The Labute approximate surface area is 171 Å². The van der Waals surface area contributed by atoms with Gasteiger partial charge in [-0.3, -0.25) is 0 Å². The zero-order chi connectivity index (χ0) is 20.7. The van der Waals surface area contributed by atoms with Crippen molar-refractivity contribution in [1.29, 1.82) is 0 Å². The van der Waals surface area contributed by atoms with Crippen molar-refractivity contribution in [3.8, 4) is 5.75 Å². The summed E-state index contributed by atoms with van der Waals surface area (Å²) in [6, 6.07) is 6.23. The molecular formula is C23H33F3O3. The first kappa shape index (κ1) is 22.4. The summed E-state index contributed by atoms with van der Waals surface area (Å²) in [4.78, 5) is 0. The third kappa shape index (κ3) is 7.49. The smallest absolute Gasteiger partial charge is 0.406 e. The van der Waals surface area contributed by atoms with Crippen molar-refractivity contribution in [2.75, 3.05) is 13.2 Å². The molecule has 1 aromatic rings. The molecule has 6 heteroatoms. The van der Waals surface area contributed by atoms with E-state index in [4.69, 9.17) is 9.47 Å². The minimum absolute atomic E-state index is 0.00282. The Kier molecular flexibility index (Phi) is 8.25. The van der Waals surface area contributed by atoms with E-state index in [1.807, 2.05) is 0 Å². The van der Waals surface area contributed by atoms with Crippen LogP contribution in [0.2, 0.25) is 0 Å². The van der Waals surface area contributed by atoms with Crippen molar-refractivity contribution in [2.24, 2.45) is 17.8 Å². The molecule has 0 N–H and O–H groups in total. The van der Waals surface area contributed by atoms with Gasteiger partial charge in [-0.25, -0.2) is 0 Å². The van der Waals surface area contributed by atoms with E-state index in [1.165, 1.54) is 44.2 Å². The van der Waals surface area contributed by atoms with Crippen LogP contribution < -0.4 is 4.74 Å². The fourth-order valence-corrected chi connectivity index (χ4v) is 4.43. The average molecular weight is 415 g/mol. The molecule has 2 fully saturated rings. The van der Waals surface area contributed by atoms with Gasteiger partial charge in [0.15, 0.2) is 6.29 Å². The molecule has 0 amide bonds. The molecule has 0 aromatic heterocycles. The Morgan fingerprint density at radius 2 is 1.59 bits per heavy atom. The van der Waals surface area contributed by atoms with Gasteiger partial charge in [-0.1, -0.05) is 31.9 Å². The fourth-order valence-electron chi connectivity index (χ4n) is 4.43. The van der Waals surface area contributed by atoms with Crippen LogP contribution in [0.15, 0.2) is 24.3 Å². The Hall–Kier alpha value is -1.27. The Morgan fingerprint density at radius 3 is 2.17 bits per heavy atom. The number of benzene rings is 1. The van der Waals surface area contributed by atoms with Crippen molar-refractivity contribution < 1.29 is 27.4 Å². The molecular weight excluding hydrogens is 381 g/mol. The van der Waals surface area contributed by atoms with E-state index in [0.717, 1.165) is 50.4 Å². The van der Waals surface area contributed by atoms with E-state index in [9.17, 15) is 13.2 Å². The lowest BCUT2D eigenvalue weighted by Crippen LogP contribution is -2.38. The van der Waals surface area contributed by atoms with Crippen LogP contribution >= 0.6 is 0 Å². The molecule has 1 aliphatic carbocycles. The summed E-state index contributed by atoms with van der Waals surface area (Å²) in [5, 5.41) is 0. The molecule has 1 heterocycles. The van der Waals surface area contributed by atoms with Crippen LogP contribution in [0.1, 0.15) is 63.9 Å². The Morgan fingerprint density at radius 1 is 0.931 bits per heavy atom. The number of hydrogen-bond donors (Lipinski definition) is 0. The van der Waals surface area contributed by atoms with E-state index in [1.54, 1.807) is 12.1 Å². The van der Waals surface area contributed by atoms with Gasteiger partial charge in [0.05, 0.1) is 13.2 Å². The van der Waals surface area contributed by atoms with Gasteiger partial charge in [0.2, 0.25) is 0 Å². The molecule has 0 unspecified atom stereocenters. The van der Waals surface area contributed by atoms with Gasteiger partial charge in [-0.05, 0) is 68.6 Å². The number of rotatable bonds is 8. The highest BCUT2D eigenvalue weighted by Gasteiger charge is 2.32. The van der Waals surface area contributed by atoms with Crippen molar-refractivity contribution >= 4 is 0 Å². The molecule has 0 radical (unpaired) electrons. The number of hydrogen-bond acceptors (Lipinski definition) is 3. The lowest BCUT2D eigenvalue weighted by atomic mass is 9.79. The second-order valence-corrected chi connectivity index (χ2v) is 8.53. The summed E-state index contributed by atoms with van der Waals surface area (Å²) in [5.41, 5.74) is 1.06. The van der Waals surface area contributed by atoms with E-state index in [-0.39, 0.29) is 12.0 Å². The number of aryl methyl sites for hydroxylation is 1. The number of halogens is 3. The highest BCUT2D eigenvalue weighted by molar-refractivity contribution is 5.27. The van der Waals surface area contributed by atoms with Gasteiger partial charge in [-0.2, -0.15) is 0 Å². The van der Waals surface area contributed by atoms with Crippen molar-refractivity contribution in [2.45, 2.75) is 77.4 Å². The molecule has 29 heavy (non-hydrogen) atoms. The lowest BCUT2D eigenvalue weighted by molar-refractivity contribution is -0.274. The minimum atomic E-state index is -4.63. The van der Waals surface area contributed by atoms with Gasteiger partial charge in [0.1, 0.15) is 5.75 Å². The maximum Gasteiger partial charge on any atom is 0.573 e. The Bertz CT molecular complexity index is 586. The fraction of sp³-hybridized carbons (Fsp3) is 0.739. The highest BCUT2D eigenvalue weighted by Crippen LogP contribution is 2.36. The summed E-state index contributed by atoms with van der Waals surface area (Å²) in [6.07, 6.45) is 5.69. The van der Waals surface area contributed by atoms with Crippen LogP contribution in [0, 0.1) is 17.8 Å². The molecule has 0 spiro atoms.